The van der Waals surface area contributed by atoms with E-state index in [0.29, 0.717) is 12.3 Å². The number of ether oxygens (including phenoxy) is 2. The first-order chi connectivity index (χ1) is 9.24. The maximum absolute atomic E-state index is 11.6. The van der Waals surface area contributed by atoms with Gasteiger partial charge in [0.25, 0.3) is 0 Å². The first kappa shape index (κ1) is 13.5. The third-order valence-corrected chi connectivity index (χ3v) is 2.85. The molecule has 1 aromatic heterocycles. The number of hydrogen-bond donors (Lipinski definition) is 1. The van der Waals surface area contributed by atoms with Crippen LogP contribution in [0, 0.1) is 0 Å². The second-order valence-corrected chi connectivity index (χ2v) is 4.35. The number of unbranched alkanes of at least 4 members (excludes halogenated alkanes) is 1. The monoisotopic (exact) mass is 261 g/mol. The lowest BCUT2D eigenvalue weighted by atomic mass is 10.2. The molecule has 102 valence electrons. The molecule has 1 heterocycles. The summed E-state index contributed by atoms with van der Waals surface area (Å²) in [4.78, 5) is 14.7. The fourth-order valence-corrected chi connectivity index (χ4v) is 1.85. The van der Waals surface area contributed by atoms with Crippen LogP contribution in [-0.4, -0.2) is 24.2 Å². The number of H-pyrrole nitrogens is 1. The Morgan fingerprint density at radius 2 is 2.11 bits per heavy atom. The molecule has 2 aromatic rings. The molecule has 0 saturated heterocycles. The van der Waals surface area contributed by atoms with Crippen molar-refractivity contribution in [2.45, 2.75) is 26.7 Å². The lowest BCUT2D eigenvalue weighted by Gasteiger charge is -2.04. The Balaban J connectivity index is 2.16. The van der Waals surface area contributed by atoms with Gasteiger partial charge >= 0.3 is 5.97 Å². The van der Waals surface area contributed by atoms with Crippen molar-refractivity contribution in [3.8, 4) is 5.75 Å². The van der Waals surface area contributed by atoms with Gasteiger partial charge in [-0.1, -0.05) is 13.3 Å². The van der Waals surface area contributed by atoms with E-state index in [1.165, 1.54) is 0 Å². The van der Waals surface area contributed by atoms with Crippen LogP contribution < -0.4 is 4.74 Å². The van der Waals surface area contributed by atoms with Crippen molar-refractivity contribution >= 4 is 16.9 Å². The highest BCUT2D eigenvalue weighted by Crippen LogP contribution is 2.22. The molecule has 0 atom stereocenters. The second-order valence-electron chi connectivity index (χ2n) is 4.35. The first-order valence-electron chi connectivity index (χ1n) is 6.67. The van der Waals surface area contributed by atoms with Crippen molar-refractivity contribution in [2.75, 3.05) is 13.2 Å². The van der Waals surface area contributed by atoms with Crippen molar-refractivity contribution in [3.63, 3.8) is 0 Å². The molecule has 0 saturated carbocycles. The first-order valence-corrected chi connectivity index (χ1v) is 6.67. The van der Waals surface area contributed by atoms with E-state index in [-0.39, 0.29) is 5.97 Å². The number of benzene rings is 1. The molecule has 4 nitrogen and oxygen atoms in total. The van der Waals surface area contributed by atoms with Crippen molar-refractivity contribution in [1.29, 1.82) is 0 Å². The van der Waals surface area contributed by atoms with E-state index in [1.807, 2.05) is 18.2 Å². The molecule has 19 heavy (non-hydrogen) atoms. The van der Waals surface area contributed by atoms with Gasteiger partial charge < -0.3 is 14.5 Å². The number of fused-ring (bicyclic) bond motifs is 1. The molecule has 0 aliphatic carbocycles. The Kier molecular flexibility index (Phi) is 4.44. The number of carbonyl (C=O) groups excluding carboxylic acids is 1. The van der Waals surface area contributed by atoms with Crippen molar-refractivity contribution in [3.05, 3.63) is 30.0 Å². The highest BCUT2D eigenvalue weighted by molar-refractivity contribution is 5.95. The van der Waals surface area contributed by atoms with Gasteiger partial charge in [0, 0.05) is 10.9 Å². The number of aromatic nitrogens is 1. The van der Waals surface area contributed by atoms with Crippen molar-refractivity contribution < 1.29 is 14.3 Å². The average molecular weight is 261 g/mol. The Morgan fingerprint density at radius 3 is 2.84 bits per heavy atom. The molecule has 0 fully saturated rings. The third-order valence-electron chi connectivity index (χ3n) is 2.85. The van der Waals surface area contributed by atoms with Crippen LogP contribution >= 0.6 is 0 Å². The molecule has 0 radical (unpaired) electrons. The zero-order chi connectivity index (χ0) is 13.7. The zero-order valence-corrected chi connectivity index (χ0v) is 11.4. The fraction of sp³-hybridized carbons (Fsp3) is 0.400. The number of esters is 1. The molecule has 0 spiro atoms. The number of hydrogen-bond acceptors (Lipinski definition) is 3. The minimum Gasteiger partial charge on any atom is -0.494 e. The summed E-state index contributed by atoms with van der Waals surface area (Å²) in [5, 5.41) is 0.956. The van der Waals surface area contributed by atoms with E-state index in [2.05, 4.69) is 11.9 Å². The van der Waals surface area contributed by atoms with E-state index in [0.717, 1.165) is 36.1 Å². The predicted octanol–water partition coefficient (Wildman–Crippen LogP) is 3.52. The van der Waals surface area contributed by atoms with Crippen LogP contribution in [0.25, 0.3) is 10.9 Å². The molecule has 1 aromatic carbocycles. The lowest BCUT2D eigenvalue weighted by molar-refractivity contribution is 0.0520. The summed E-state index contributed by atoms with van der Waals surface area (Å²) in [5.74, 6) is 0.502. The van der Waals surface area contributed by atoms with Gasteiger partial charge in [-0.3, -0.25) is 0 Å². The molecular weight excluding hydrogens is 242 g/mol. The van der Waals surface area contributed by atoms with Crippen LogP contribution in [0.5, 0.6) is 5.75 Å². The Bertz CT molecular complexity index is 560. The third kappa shape index (κ3) is 3.28. The largest absolute Gasteiger partial charge is 0.494 e. The number of nitrogens with one attached hydrogen (secondary N) is 1. The minimum atomic E-state index is -0.327. The SMILES string of the molecule is CCCCOc1ccc2[nH]c(C(=O)OCC)cc2c1. The van der Waals surface area contributed by atoms with E-state index in [1.54, 1.807) is 13.0 Å². The number of aromatic amines is 1. The highest BCUT2D eigenvalue weighted by Gasteiger charge is 2.10. The maximum Gasteiger partial charge on any atom is 0.354 e. The average Bonchev–Trinajstić information content (AvgIpc) is 2.82. The Labute approximate surface area is 112 Å². The molecule has 0 amide bonds. The molecule has 2 rings (SSSR count). The van der Waals surface area contributed by atoms with Gasteiger partial charge in [0.15, 0.2) is 0 Å². The lowest BCUT2D eigenvalue weighted by Crippen LogP contribution is -2.04. The standard InChI is InChI=1S/C15H19NO3/c1-3-5-8-19-12-6-7-13-11(9-12)10-14(16-13)15(17)18-4-2/h6-7,9-10,16H,3-5,8H2,1-2H3. The molecule has 1 N–H and O–H groups in total. The molecule has 4 heteroatoms. The Hall–Kier alpha value is -1.97. The second kappa shape index (κ2) is 6.27. The number of rotatable bonds is 6. The maximum atomic E-state index is 11.6. The van der Waals surface area contributed by atoms with Gasteiger partial charge in [-0.05, 0) is 37.6 Å². The van der Waals surface area contributed by atoms with Gasteiger partial charge in [-0.15, -0.1) is 0 Å². The van der Waals surface area contributed by atoms with Gasteiger partial charge in [0.05, 0.1) is 13.2 Å². The predicted molar refractivity (Wildman–Crippen MR) is 74.7 cm³/mol. The fourth-order valence-electron chi connectivity index (χ4n) is 1.85. The molecule has 0 unspecified atom stereocenters. The summed E-state index contributed by atoms with van der Waals surface area (Å²) in [7, 11) is 0. The molecule has 0 aliphatic heterocycles. The van der Waals surface area contributed by atoms with Crippen LogP contribution in [0.4, 0.5) is 0 Å². The smallest absolute Gasteiger partial charge is 0.354 e. The summed E-state index contributed by atoms with van der Waals surface area (Å²) in [5.41, 5.74) is 1.38. The Morgan fingerprint density at radius 1 is 1.26 bits per heavy atom. The summed E-state index contributed by atoms with van der Waals surface area (Å²) >= 11 is 0. The van der Waals surface area contributed by atoms with Gasteiger partial charge in [0.2, 0.25) is 0 Å². The van der Waals surface area contributed by atoms with Crippen LogP contribution in [-0.2, 0) is 4.74 Å². The van der Waals surface area contributed by atoms with Crippen molar-refractivity contribution in [2.24, 2.45) is 0 Å². The van der Waals surface area contributed by atoms with E-state index in [4.69, 9.17) is 9.47 Å². The van der Waals surface area contributed by atoms with E-state index >= 15 is 0 Å². The molecular formula is C15H19NO3. The van der Waals surface area contributed by atoms with Crippen LogP contribution in [0.2, 0.25) is 0 Å². The zero-order valence-electron chi connectivity index (χ0n) is 11.4. The quantitative estimate of drug-likeness (QED) is 0.639. The van der Waals surface area contributed by atoms with E-state index in [9.17, 15) is 4.79 Å². The topological polar surface area (TPSA) is 51.3 Å². The molecule has 0 aliphatic rings. The molecule has 0 bridgehead atoms. The highest BCUT2D eigenvalue weighted by atomic mass is 16.5. The summed E-state index contributed by atoms with van der Waals surface area (Å²) < 4.78 is 10.6. The van der Waals surface area contributed by atoms with Crippen LogP contribution in [0.1, 0.15) is 37.2 Å². The summed E-state index contributed by atoms with van der Waals surface area (Å²) in [6.07, 6.45) is 2.15. The van der Waals surface area contributed by atoms with Gasteiger partial charge in [-0.25, -0.2) is 4.79 Å². The van der Waals surface area contributed by atoms with E-state index < -0.39 is 0 Å². The van der Waals surface area contributed by atoms with Crippen LogP contribution in [0.3, 0.4) is 0 Å². The summed E-state index contributed by atoms with van der Waals surface area (Å²) in [6, 6.07) is 7.55. The van der Waals surface area contributed by atoms with Crippen molar-refractivity contribution in [1.82, 2.24) is 4.98 Å². The summed E-state index contributed by atoms with van der Waals surface area (Å²) in [6.45, 7) is 5.02. The van der Waals surface area contributed by atoms with Gasteiger partial charge in [0.1, 0.15) is 11.4 Å². The number of carbonyl (C=O) groups is 1. The van der Waals surface area contributed by atoms with Gasteiger partial charge in [-0.2, -0.15) is 0 Å². The normalized spacial score (nSPS) is 10.6. The van der Waals surface area contributed by atoms with Crippen LogP contribution in [0.15, 0.2) is 24.3 Å². The minimum absolute atomic E-state index is 0.327.